The van der Waals surface area contributed by atoms with E-state index in [1.165, 1.54) is 11.0 Å². The number of ether oxygens (including phenoxy) is 2. The third-order valence-corrected chi connectivity index (χ3v) is 6.74. The molecule has 0 fully saturated rings. The number of carbonyl (C=O) groups is 3. The average Bonchev–Trinajstić information content (AvgIpc) is 3.00. The van der Waals surface area contributed by atoms with E-state index in [0.717, 1.165) is 32.1 Å². The summed E-state index contributed by atoms with van der Waals surface area (Å²) in [4.78, 5) is 42.4. The molecule has 0 bridgehead atoms. The van der Waals surface area contributed by atoms with Crippen LogP contribution in [0.5, 0.6) is 0 Å². The van der Waals surface area contributed by atoms with Crippen LogP contribution in [-0.4, -0.2) is 42.5 Å². The van der Waals surface area contributed by atoms with Crippen molar-refractivity contribution in [2.75, 3.05) is 19.8 Å². The second kappa shape index (κ2) is 16.0. The molecule has 3 aromatic carbocycles. The van der Waals surface area contributed by atoms with Crippen LogP contribution in [0.15, 0.2) is 104 Å². The fourth-order valence-corrected chi connectivity index (χ4v) is 4.78. The first-order chi connectivity index (χ1) is 19.6. The highest BCUT2D eigenvalue weighted by molar-refractivity contribution is 6.00. The van der Waals surface area contributed by atoms with E-state index in [2.05, 4.69) is 13.5 Å². The minimum absolute atomic E-state index is 0.0255. The Labute approximate surface area is 237 Å². The van der Waals surface area contributed by atoms with Crippen molar-refractivity contribution in [2.45, 2.75) is 51.0 Å². The molecule has 6 nitrogen and oxygen atoms in total. The summed E-state index contributed by atoms with van der Waals surface area (Å²) in [6, 6.07) is 26.9. The third-order valence-electron chi connectivity index (χ3n) is 6.74. The van der Waals surface area contributed by atoms with Gasteiger partial charge in [-0.15, -0.1) is 0 Å². The lowest BCUT2D eigenvalue weighted by Crippen LogP contribution is -2.57. The quantitative estimate of drug-likeness (QED) is 0.115. The maximum Gasteiger partial charge on any atom is 0.341 e. The Kier molecular flexibility index (Phi) is 12.2. The lowest BCUT2D eigenvalue weighted by Gasteiger charge is -2.42. The number of rotatable bonds is 16. The first kappa shape index (κ1) is 30.4. The van der Waals surface area contributed by atoms with Crippen molar-refractivity contribution < 1.29 is 23.9 Å². The predicted molar refractivity (Wildman–Crippen MR) is 157 cm³/mol. The second-order valence-corrected chi connectivity index (χ2v) is 9.54. The molecule has 210 valence electrons. The molecule has 3 aromatic rings. The molecule has 3 rings (SSSR count). The number of nitrogens with zero attached hydrogens (tertiary/aromatic N) is 1. The summed E-state index contributed by atoms with van der Waals surface area (Å²) in [5.41, 5.74) is -0.133. The lowest BCUT2D eigenvalue weighted by molar-refractivity contribution is -0.154. The van der Waals surface area contributed by atoms with Gasteiger partial charge in [0.1, 0.15) is 13.2 Å². The summed E-state index contributed by atoms with van der Waals surface area (Å²) < 4.78 is 11.3. The second-order valence-electron chi connectivity index (χ2n) is 9.54. The van der Waals surface area contributed by atoms with Crippen LogP contribution in [0, 0.1) is 0 Å². The van der Waals surface area contributed by atoms with Gasteiger partial charge in [-0.3, -0.25) is 9.59 Å². The zero-order valence-electron chi connectivity index (χ0n) is 23.3. The molecule has 6 heteroatoms. The number of hydrogen-bond acceptors (Lipinski definition) is 5. The van der Waals surface area contributed by atoms with Crippen molar-refractivity contribution in [3.05, 3.63) is 120 Å². The van der Waals surface area contributed by atoms with E-state index in [4.69, 9.17) is 9.47 Å². The monoisotopic (exact) mass is 541 g/mol. The van der Waals surface area contributed by atoms with Crippen LogP contribution in [0.3, 0.4) is 0 Å². The Morgan fingerprint density at radius 2 is 1.32 bits per heavy atom. The van der Waals surface area contributed by atoms with Crippen molar-refractivity contribution >= 4 is 17.8 Å². The highest BCUT2D eigenvalue weighted by atomic mass is 16.5. The van der Waals surface area contributed by atoms with Crippen LogP contribution < -0.4 is 0 Å². The molecule has 0 spiro atoms. The van der Waals surface area contributed by atoms with Crippen LogP contribution in [0.2, 0.25) is 0 Å². The highest BCUT2D eigenvalue weighted by Crippen LogP contribution is 2.38. The normalized spacial score (nSPS) is 10.9. The molecule has 40 heavy (non-hydrogen) atoms. The van der Waals surface area contributed by atoms with Gasteiger partial charge in [0.25, 0.3) is 5.91 Å². The molecule has 0 heterocycles. The number of benzene rings is 3. The van der Waals surface area contributed by atoms with Gasteiger partial charge in [-0.05, 0) is 29.7 Å². The molecule has 0 saturated carbocycles. The summed E-state index contributed by atoms with van der Waals surface area (Å²) in [6.45, 7) is 5.71. The Bertz CT molecular complexity index is 1170. The molecule has 0 unspecified atom stereocenters. The summed E-state index contributed by atoms with van der Waals surface area (Å²) in [5, 5.41) is 0. The smallest absolute Gasteiger partial charge is 0.341 e. The van der Waals surface area contributed by atoms with Gasteiger partial charge in [0.15, 0.2) is 5.54 Å². The maximum atomic E-state index is 14.2. The Morgan fingerprint density at radius 3 is 1.88 bits per heavy atom. The molecule has 0 N–H and O–H groups in total. The number of esters is 2. The largest absolute Gasteiger partial charge is 0.464 e. The molecule has 1 amide bonds. The first-order valence-electron chi connectivity index (χ1n) is 14.0. The summed E-state index contributed by atoms with van der Waals surface area (Å²) in [7, 11) is 0. The van der Waals surface area contributed by atoms with Crippen molar-refractivity contribution in [3.63, 3.8) is 0 Å². The standard InChI is InChI=1S/C34H39NO5/c1-3-5-6-7-17-24-31(36)39-27-25-35(32(37)28-18-11-8-12-19-28)34(33(38)40-26-4-2,29-20-13-9-14-21-29)30-22-15-10-16-23-30/h4,8-16,18-23H,2-3,5-7,17,24-27H2,1H3. The van der Waals surface area contributed by atoms with Crippen molar-refractivity contribution in [2.24, 2.45) is 0 Å². The van der Waals surface area contributed by atoms with Gasteiger partial charge < -0.3 is 14.4 Å². The Hall–Kier alpha value is -4.19. The SMILES string of the molecule is C=CCOC(=O)C(c1ccccc1)(c1ccccc1)N(CCOC(=O)CCCCCCC)C(=O)c1ccccc1. The minimum atomic E-state index is -1.65. The fourth-order valence-electron chi connectivity index (χ4n) is 4.78. The molecular formula is C34H39NO5. The first-order valence-corrected chi connectivity index (χ1v) is 14.0. The Balaban J connectivity index is 2.04. The van der Waals surface area contributed by atoms with Gasteiger partial charge >= 0.3 is 11.9 Å². The van der Waals surface area contributed by atoms with Crippen molar-refractivity contribution in [1.82, 2.24) is 4.90 Å². The molecule has 0 aliphatic rings. The van der Waals surface area contributed by atoms with Gasteiger partial charge in [-0.2, -0.15) is 0 Å². The number of unbranched alkanes of at least 4 members (excludes halogenated alkanes) is 4. The molecule has 0 aliphatic heterocycles. The van der Waals surface area contributed by atoms with Gasteiger partial charge in [0.05, 0.1) is 6.54 Å². The highest BCUT2D eigenvalue weighted by Gasteiger charge is 2.51. The van der Waals surface area contributed by atoms with E-state index >= 15 is 0 Å². The molecule has 0 saturated heterocycles. The van der Waals surface area contributed by atoms with Gasteiger partial charge in [-0.25, -0.2) is 4.79 Å². The fraction of sp³-hybridized carbons (Fsp3) is 0.324. The van der Waals surface area contributed by atoms with Crippen LogP contribution >= 0.6 is 0 Å². The summed E-state index contributed by atoms with van der Waals surface area (Å²) in [6.07, 6.45) is 6.92. The minimum Gasteiger partial charge on any atom is -0.464 e. The lowest BCUT2D eigenvalue weighted by atomic mass is 9.80. The molecule has 0 radical (unpaired) electrons. The van der Waals surface area contributed by atoms with Crippen molar-refractivity contribution in [3.8, 4) is 0 Å². The zero-order chi connectivity index (χ0) is 28.6. The summed E-state index contributed by atoms with van der Waals surface area (Å²) in [5.74, 6) is -1.33. The zero-order valence-corrected chi connectivity index (χ0v) is 23.3. The van der Waals surface area contributed by atoms with E-state index in [1.807, 2.05) is 42.5 Å². The summed E-state index contributed by atoms with van der Waals surface area (Å²) >= 11 is 0. The van der Waals surface area contributed by atoms with Gasteiger partial charge in [-0.1, -0.05) is 124 Å². The van der Waals surface area contributed by atoms with Gasteiger partial charge in [0.2, 0.25) is 0 Å². The topological polar surface area (TPSA) is 72.9 Å². The van der Waals surface area contributed by atoms with E-state index in [0.29, 0.717) is 23.1 Å². The Morgan fingerprint density at radius 1 is 0.775 bits per heavy atom. The van der Waals surface area contributed by atoms with Crippen LogP contribution in [0.1, 0.15) is 66.9 Å². The van der Waals surface area contributed by atoms with E-state index in [-0.39, 0.29) is 31.6 Å². The molecule has 0 aromatic heterocycles. The molecular weight excluding hydrogens is 502 g/mol. The van der Waals surface area contributed by atoms with Crippen LogP contribution in [0.4, 0.5) is 0 Å². The van der Waals surface area contributed by atoms with Gasteiger partial charge in [0, 0.05) is 12.0 Å². The van der Waals surface area contributed by atoms with Crippen molar-refractivity contribution in [1.29, 1.82) is 0 Å². The van der Waals surface area contributed by atoms with E-state index in [9.17, 15) is 14.4 Å². The van der Waals surface area contributed by atoms with E-state index in [1.54, 1.807) is 48.5 Å². The number of carbonyl (C=O) groups excluding carboxylic acids is 3. The predicted octanol–water partition coefficient (Wildman–Crippen LogP) is 6.71. The number of hydrogen-bond donors (Lipinski definition) is 0. The average molecular weight is 542 g/mol. The third kappa shape index (κ3) is 7.69. The number of amides is 1. The van der Waals surface area contributed by atoms with Crippen LogP contribution in [0.25, 0.3) is 0 Å². The van der Waals surface area contributed by atoms with Crippen LogP contribution in [-0.2, 0) is 24.6 Å². The maximum absolute atomic E-state index is 14.2. The van der Waals surface area contributed by atoms with E-state index < -0.39 is 11.5 Å². The molecule has 0 atom stereocenters. The molecule has 0 aliphatic carbocycles.